The molecular formula is C15H15FO. The molecule has 2 aromatic rings. The van der Waals surface area contributed by atoms with Crippen LogP contribution in [0.3, 0.4) is 0 Å². The van der Waals surface area contributed by atoms with Crippen LogP contribution in [0.5, 0.6) is 0 Å². The minimum atomic E-state index is -0.294. The standard InChI is InChI=1S/C15H15FO/c16-15-9-8-13(14(10-15)11-17)7-6-12-4-2-1-3-5-12/h1-5,8-10,17H,6-7,11H2. The third kappa shape index (κ3) is 3.14. The average Bonchev–Trinajstić information content (AvgIpc) is 2.38. The molecule has 0 spiro atoms. The molecule has 0 aliphatic rings. The van der Waals surface area contributed by atoms with Crippen molar-refractivity contribution in [3.8, 4) is 0 Å². The summed E-state index contributed by atoms with van der Waals surface area (Å²) in [5.74, 6) is -0.294. The van der Waals surface area contributed by atoms with Gasteiger partial charge >= 0.3 is 0 Å². The molecule has 0 bridgehead atoms. The Bertz CT molecular complexity index is 480. The Morgan fingerprint density at radius 3 is 2.35 bits per heavy atom. The summed E-state index contributed by atoms with van der Waals surface area (Å²) in [5.41, 5.74) is 2.94. The molecule has 0 fully saturated rings. The monoisotopic (exact) mass is 230 g/mol. The Hall–Kier alpha value is -1.67. The molecular weight excluding hydrogens is 215 g/mol. The van der Waals surface area contributed by atoms with Crippen molar-refractivity contribution >= 4 is 0 Å². The molecule has 0 amide bonds. The van der Waals surface area contributed by atoms with Crippen LogP contribution in [0.15, 0.2) is 48.5 Å². The quantitative estimate of drug-likeness (QED) is 0.855. The maximum atomic E-state index is 13.0. The molecule has 0 atom stereocenters. The molecule has 2 aromatic carbocycles. The van der Waals surface area contributed by atoms with E-state index in [9.17, 15) is 9.50 Å². The number of rotatable bonds is 4. The Morgan fingerprint density at radius 2 is 1.65 bits per heavy atom. The van der Waals surface area contributed by atoms with Crippen LogP contribution < -0.4 is 0 Å². The Labute approximate surface area is 101 Å². The van der Waals surface area contributed by atoms with Crippen molar-refractivity contribution in [1.29, 1.82) is 0 Å². The molecule has 0 heterocycles. The lowest BCUT2D eigenvalue weighted by atomic mass is 10.00. The third-order valence-corrected chi connectivity index (χ3v) is 2.86. The fourth-order valence-electron chi connectivity index (χ4n) is 1.91. The van der Waals surface area contributed by atoms with Crippen LogP contribution in [0.25, 0.3) is 0 Å². The number of aliphatic hydroxyl groups excluding tert-OH is 1. The van der Waals surface area contributed by atoms with Gasteiger partial charge in [-0.25, -0.2) is 4.39 Å². The lowest BCUT2D eigenvalue weighted by Crippen LogP contribution is -1.98. The lowest BCUT2D eigenvalue weighted by molar-refractivity contribution is 0.280. The smallest absolute Gasteiger partial charge is 0.123 e. The predicted molar refractivity (Wildman–Crippen MR) is 66.2 cm³/mol. The van der Waals surface area contributed by atoms with Gasteiger partial charge in [0, 0.05) is 0 Å². The molecule has 1 nitrogen and oxygen atoms in total. The number of hydrogen-bond acceptors (Lipinski definition) is 1. The minimum absolute atomic E-state index is 0.109. The summed E-state index contributed by atoms with van der Waals surface area (Å²) in [6.07, 6.45) is 1.72. The van der Waals surface area contributed by atoms with E-state index in [1.54, 1.807) is 6.07 Å². The Kier molecular flexibility index (Phi) is 3.89. The SMILES string of the molecule is OCc1cc(F)ccc1CCc1ccccc1. The normalized spacial score (nSPS) is 10.5. The first kappa shape index (κ1) is 11.8. The van der Waals surface area contributed by atoms with Gasteiger partial charge in [0.05, 0.1) is 6.61 Å². The van der Waals surface area contributed by atoms with Gasteiger partial charge in [0.25, 0.3) is 0 Å². The van der Waals surface area contributed by atoms with E-state index in [1.807, 2.05) is 18.2 Å². The zero-order chi connectivity index (χ0) is 12.1. The van der Waals surface area contributed by atoms with Crippen molar-refractivity contribution < 1.29 is 9.50 Å². The second-order valence-corrected chi connectivity index (χ2v) is 4.06. The van der Waals surface area contributed by atoms with E-state index < -0.39 is 0 Å². The molecule has 17 heavy (non-hydrogen) atoms. The highest BCUT2D eigenvalue weighted by molar-refractivity contribution is 5.28. The van der Waals surface area contributed by atoms with Gasteiger partial charge in [-0.15, -0.1) is 0 Å². The summed E-state index contributed by atoms with van der Waals surface area (Å²) in [5, 5.41) is 9.17. The molecule has 0 aromatic heterocycles. The summed E-state index contributed by atoms with van der Waals surface area (Å²) >= 11 is 0. The summed E-state index contributed by atoms with van der Waals surface area (Å²) in [6, 6.07) is 14.7. The molecule has 0 saturated carbocycles. The van der Waals surface area contributed by atoms with Gasteiger partial charge in [0.2, 0.25) is 0 Å². The van der Waals surface area contributed by atoms with E-state index >= 15 is 0 Å². The molecule has 0 radical (unpaired) electrons. The fourth-order valence-corrected chi connectivity index (χ4v) is 1.91. The fraction of sp³-hybridized carbons (Fsp3) is 0.200. The number of aryl methyl sites for hydroxylation is 2. The Balaban J connectivity index is 2.09. The molecule has 2 rings (SSSR count). The van der Waals surface area contributed by atoms with E-state index in [2.05, 4.69) is 12.1 Å². The zero-order valence-corrected chi connectivity index (χ0v) is 9.57. The second kappa shape index (κ2) is 5.60. The van der Waals surface area contributed by atoms with Crippen LogP contribution in [0, 0.1) is 5.82 Å². The summed E-state index contributed by atoms with van der Waals surface area (Å²) in [7, 11) is 0. The van der Waals surface area contributed by atoms with Gasteiger partial charge in [-0.2, -0.15) is 0 Å². The maximum Gasteiger partial charge on any atom is 0.123 e. The number of halogens is 1. The highest BCUT2D eigenvalue weighted by atomic mass is 19.1. The van der Waals surface area contributed by atoms with Gasteiger partial charge in [-0.3, -0.25) is 0 Å². The number of benzene rings is 2. The molecule has 0 unspecified atom stereocenters. The van der Waals surface area contributed by atoms with E-state index in [4.69, 9.17) is 0 Å². The van der Waals surface area contributed by atoms with E-state index in [-0.39, 0.29) is 12.4 Å². The predicted octanol–water partition coefficient (Wildman–Crippen LogP) is 3.10. The zero-order valence-electron chi connectivity index (χ0n) is 9.57. The molecule has 88 valence electrons. The molecule has 0 aliphatic heterocycles. The molecule has 0 saturated heterocycles. The van der Waals surface area contributed by atoms with E-state index in [0.717, 1.165) is 18.4 Å². The number of hydrogen-bond donors (Lipinski definition) is 1. The van der Waals surface area contributed by atoms with Gasteiger partial charge in [-0.1, -0.05) is 36.4 Å². The van der Waals surface area contributed by atoms with Crippen LogP contribution in [0.4, 0.5) is 4.39 Å². The molecule has 1 N–H and O–H groups in total. The van der Waals surface area contributed by atoms with Gasteiger partial charge in [0.15, 0.2) is 0 Å². The maximum absolute atomic E-state index is 13.0. The van der Waals surface area contributed by atoms with Gasteiger partial charge < -0.3 is 5.11 Å². The molecule has 2 heteroatoms. The second-order valence-electron chi connectivity index (χ2n) is 4.06. The van der Waals surface area contributed by atoms with Crippen LogP contribution in [0.1, 0.15) is 16.7 Å². The largest absolute Gasteiger partial charge is 0.392 e. The summed E-state index contributed by atoms with van der Waals surface area (Å²) < 4.78 is 13.0. The van der Waals surface area contributed by atoms with Crippen molar-refractivity contribution in [3.05, 3.63) is 71.0 Å². The topological polar surface area (TPSA) is 20.2 Å². The number of aliphatic hydroxyl groups is 1. The van der Waals surface area contributed by atoms with Gasteiger partial charge in [0.1, 0.15) is 5.82 Å². The molecule has 0 aliphatic carbocycles. The lowest BCUT2D eigenvalue weighted by Gasteiger charge is -2.07. The first-order valence-electron chi connectivity index (χ1n) is 5.71. The highest BCUT2D eigenvalue weighted by Crippen LogP contribution is 2.14. The van der Waals surface area contributed by atoms with Crippen LogP contribution >= 0.6 is 0 Å². The van der Waals surface area contributed by atoms with Crippen molar-refractivity contribution in [3.63, 3.8) is 0 Å². The van der Waals surface area contributed by atoms with Crippen LogP contribution in [0.2, 0.25) is 0 Å². The average molecular weight is 230 g/mol. The first-order chi connectivity index (χ1) is 8.29. The summed E-state index contributed by atoms with van der Waals surface area (Å²) in [4.78, 5) is 0. The van der Waals surface area contributed by atoms with E-state index in [0.29, 0.717) is 5.56 Å². The van der Waals surface area contributed by atoms with E-state index in [1.165, 1.54) is 17.7 Å². The van der Waals surface area contributed by atoms with Crippen molar-refractivity contribution in [2.75, 3.05) is 0 Å². The Morgan fingerprint density at radius 1 is 0.882 bits per heavy atom. The third-order valence-electron chi connectivity index (χ3n) is 2.86. The van der Waals surface area contributed by atoms with Crippen LogP contribution in [-0.4, -0.2) is 5.11 Å². The minimum Gasteiger partial charge on any atom is -0.392 e. The van der Waals surface area contributed by atoms with Crippen molar-refractivity contribution in [2.45, 2.75) is 19.4 Å². The highest BCUT2D eigenvalue weighted by Gasteiger charge is 2.03. The van der Waals surface area contributed by atoms with Crippen LogP contribution in [-0.2, 0) is 19.4 Å². The van der Waals surface area contributed by atoms with Gasteiger partial charge in [-0.05, 0) is 41.7 Å². The first-order valence-corrected chi connectivity index (χ1v) is 5.71. The summed E-state index contributed by atoms with van der Waals surface area (Å²) in [6.45, 7) is -0.109. The van der Waals surface area contributed by atoms with Crippen molar-refractivity contribution in [1.82, 2.24) is 0 Å². The van der Waals surface area contributed by atoms with Crippen molar-refractivity contribution in [2.24, 2.45) is 0 Å².